The third-order valence-electron chi connectivity index (χ3n) is 2.75. The van der Waals surface area contributed by atoms with Crippen LogP contribution < -0.4 is 11.1 Å². The first-order chi connectivity index (χ1) is 10.5. The molecule has 0 unspecified atom stereocenters. The van der Waals surface area contributed by atoms with Crippen LogP contribution in [-0.4, -0.2) is 35.9 Å². The molecule has 6 nitrogen and oxygen atoms in total. The second kappa shape index (κ2) is 7.28. The number of anilines is 1. The van der Waals surface area contributed by atoms with Crippen molar-refractivity contribution in [2.24, 2.45) is 5.73 Å². The molecule has 3 N–H and O–H groups in total. The summed E-state index contributed by atoms with van der Waals surface area (Å²) in [6.45, 7) is 0. The summed E-state index contributed by atoms with van der Waals surface area (Å²) in [4.78, 5) is 29.6. The van der Waals surface area contributed by atoms with Gasteiger partial charge in [-0.25, -0.2) is 4.79 Å². The fourth-order valence-electron chi connectivity index (χ4n) is 1.63. The molecule has 2 rings (SSSR count). The van der Waals surface area contributed by atoms with Crippen molar-refractivity contribution in [1.29, 1.82) is 0 Å². The van der Waals surface area contributed by atoms with Gasteiger partial charge in [0.25, 0.3) is 5.91 Å². The number of hydrogen-bond acceptors (Lipinski definition) is 5. The summed E-state index contributed by atoms with van der Waals surface area (Å²) in [6, 6.07) is 3.53. The average molecular weight is 336 g/mol. The summed E-state index contributed by atoms with van der Waals surface area (Å²) in [7, 11) is 3.26. The lowest BCUT2D eigenvalue weighted by atomic mass is 10.3. The summed E-state index contributed by atoms with van der Waals surface area (Å²) >= 11 is 2.78. The number of primary amides is 1. The third-order valence-corrected chi connectivity index (χ3v) is 4.90. The Bertz CT molecular complexity index is 671. The number of thiophene rings is 1. The van der Waals surface area contributed by atoms with Gasteiger partial charge in [-0.2, -0.15) is 0 Å². The van der Waals surface area contributed by atoms with E-state index in [0.717, 1.165) is 10.5 Å². The second-order valence-electron chi connectivity index (χ2n) is 4.64. The van der Waals surface area contributed by atoms with Gasteiger partial charge in [0.2, 0.25) is 0 Å². The highest BCUT2D eigenvalue weighted by Gasteiger charge is 2.19. The molecule has 2 heterocycles. The Morgan fingerprint density at radius 1 is 1.45 bits per heavy atom. The summed E-state index contributed by atoms with van der Waals surface area (Å²) in [5.41, 5.74) is 6.86. The van der Waals surface area contributed by atoms with Crippen LogP contribution in [0, 0.1) is 0 Å². The molecule has 0 saturated heterocycles. The molecule has 0 fully saturated rings. The Balaban J connectivity index is 2.16. The smallest absolute Gasteiger partial charge is 0.321 e. The van der Waals surface area contributed by atoms with E-state index < -0.39 is 5.91 Å². The molecule has 0 saturated carbocycles. The maximum Gasteiger partial charge on any atom is 0.321 e. The fourth-order valence-corrected chi connectivity index (χ4v) is 3.77. The van der Waals surface area contributed by atoms with Gasteiger partial charge in [-0.3, -0.25) is 15.1 Å². The highest BCUT2D eigenvalue weighted by Crippen LogP contribution is 2.36. The molecule has 0 spiro atoms. The van der Waals surface area contributed by atoms with Crippen molar-refractivity contribution >= 4 is 40.0 Å². The zero-order valence-electron chi connectivity index (χ0n) is 12.2. The van der Waals surface area contributed by atoms with Gasteiger partial charge in [0.1, 0.15) is 5.00 Å². The first-order valence-corrected chi connectivity index (χ1v) is 8.27. The fraction of sp³-hybridized carbons (Fsp3) is 0.214. The number of amides is 3. The summed E-state index contributed by atoms with van der Waals surface area (Å²) in [6.07, 6.45) is 3.49. The molecule has 0 aliphatic heterocycles. The largest absolute Gasteiger partial charge is 0.365 e. The number of thioether (sulfide) groups is 1. The number of nitrogens with zero attached hydrogens (tertiary/aromatic N) is 2. The SMILES string of the molecule is CN(C)C(=O)Nc1scc(SCc2cccnc2)c1C(N)=O. The first-order valence-electron chi connectivity index (χ1n) is 6.40. The van der Waals surface area contributed by atoms with Gasteiger partial charge in [-0.1, -0.05) is 6.07 Å². The minimum absolute atomic E-state index is 0.298. The maximum absolute atomic E-state index is 11.7. The van der Waals surface area contributed by atoms with Gasteiger partial charge in [0, 0.05) is 42.5 Å². The number of rotatable bonds is 5. The minimum Gasteiger partial charge on any atom is -0.365 e. The Morgan fingerprint density at radius 2 is 2.23 bits per heavy atom. The van der Waals surface area contributed by atoms with E-state index in [-0.39, 0.29) is 6.03 Å². The van der Waals surface area contributed by atoms with Gasteiger partial charge in [0.05, 0.1) is 5.56 Å². The van der Waals surface area contributed by atoms with Crippen molar-refractivity contribution in [2.45, 2.75) is 10.6 Å². The van der Waals surface area contributed by atoms with Crippen LogP contribution in [0.4, 0.5) is 9.80 Å². The van der Waals surface area contributed by atoms with Gasteiger partial charge in [-0.15, -0.1) is 23.1 Å². The lowest BCUT2D eigenvalue weighted by Crippen LogP contribution is -2.28. The molecule has 8 heteroatoms. The van der Waals surface area contributed by atoms with Crippen LogP contribution in [0.3, 0.4) is 0 Å². The van der Waals surface area contributed by atoms with Crippen LogP contribution in [-0.2, 0) is 5.75 Å². The van der Waals surface area contributed by atoms with E-state index in [9.17, 15) is 9.59 Å². The number of pyridine rings is 1. The van der Waals surface area contributed by atoms with E-state index in [1.807, 2.05) is 17.5 Å². The van der Waals surface area contributed by atoms with Crippen molar-refractivity contribution in [1.82, 2.24) is 9.88 Å². The predicted octanol–water partition coefficient (Wildman–Crippen LogP) is 2.63. The number of nitrogens with two attached hydrogens (primary N) is 1. The van der Waals surface area contributed by atoms with Crippen LogP contribution >= 0.6 is 23.1 Å². The van der Waals surface area contributed by atoms with Gasteiger partial charge < -0.3 is 10.6 Å². The van der Waals surface area contributed by atoms with E-state index in [0.29, 0.717) is 16.3 Å². The Morgan fingerprint density at radius 3 is 2.82 bits per heavy atom. The monoisotopic (exact) mass is 336 g/mol. The summed E-state index contributed by atoms with van der Waals surface area (Å²) < 4.78 is 0. The van der Waals surface area contributed by atoms with Crippen LogP contribution in [0.25, 0.3) is 0 Å². The van der Waals surface area contributed by atoms with Gasteiger partial charge in [-0.05, 0) is 11.6 Å². The quantitative estimate of drug-likeness (QED) is 0.822. The zero-order valence-corrected chi connectivity index (χ0v) is 13.8. The zero-order chi connectivity index (χ0) is 16.1. The molecular weight excluding hydrogens is 320 g/mol. The normalized spacial score (nSPS) is 10.3. The summed E-state index contributed by atoms with van der Waals surface area (Å²) in [5.74, 6) is 0.121. The van der Waals surface area contributed by atoms with E-state index in [2.05, 4.69) is 10.3 Å². The maximum atomic E-state index is 11.7. The van der Waals surface area contributed by atoms with Crippen molar-refractivity contribution in [3.05, 3.63) is 41.0 Å². The molecule has 2 aromatic rings. The number of aromatic nitrogens is 1. The second-order valence-corrected chi connectivity index (χ2v) is 6.54. The highest BCUT2D eigenvalue weighted by atomic mass is 32.2. The lowest BCUT2D eigenvalue weighted by Gasteiger charge is -2.11. The molecule has 0 atom stereocenters. The molecular formula is C14H16N4O2S2. The molecule has 22 heavy (non-hydrogen) atoms. The number of hydrogen-bond donors (Lipinski definition) is 2. The number of nitrogens with one attached hydrogen (secondary N) is 1. The van der Waals surface area contributed by atoms with Crippen molar-refractivity contribution in [2.75, 3.05) is 19.4 Å². The van der Waals surface area contributed by atoms with E-state index >= 15 is 0 Å². The average Bonchev–Trinajstić information content (AvgIpc) is 2.89. The minimum atomic E-state index is -0.552. The predicted molar refractivity (Wildman–Crippen MR) is 89.3 cm³/mol. The third kappa shape index (κ3) is 3.99. The van der Waals surface area contributed by atoms with Crippen molar-refractivity contribution in [3.8, 4) is 0 Å². The molecule has 3 amide bonds. The molecule has 0 aliphatic rings. The molecule has 116 valence electrons. The number of urea groups is 1. The van der Waals surface area contributed by atoms with Crippen LogP contribution in [0.15, 0.2) is 34.8 Å². The molecule has 0 aromatic carbocycles. The Kier molecular flexibility index (Phi) is 5.40. The van der Waals surface area contributed by atoms with Gasteiger partial charge in [0.15, 0.2) is 0 Å². The first kappa shape index (κ1) is 16.3. The molecule has 2 aromatic heterocycles. The number of carbonyl (C=O) groups excluding carboxylic acids is 2. The van der Waals surface area contributed by atoms with Crippen molar-refractivity contribution in [3.63, 3.8) is 0 Å². The van der Waals surface area contributed by atoms with E-state index in [1.54, 1.807) is 26.5 Å². The Hall–Kier alpha value is -2.06. The lowest BCUT2D eigenvalue weighted by molar-refractivity contribution is 0.0999. The number of carbonyl (C=O) groups is 2. The Labute approximate surface area is 136 Å². The highest BCUT2D eigenvalue weighted by molar-refractivity contribution is 7.98. The van der Waals surface area contributed by atoms with Crippen LogP contribution in [0.2, 0.25) is 0 Å². The van der Waals surface area contributed by atoms with Crippen LogP contribution in [0.5, 0.6) is 0 Å². The molecule has 0 aliphatic carbocycles. The van der Waals surface area contributed by atoms with Crippen LogP contribution in [0.1, 0.15) is 15.9 Å². The molecule has 0 radical (unpaired) electrons. The van der Waals surface area contributed by atoms with Crippen molar-refractivity contribution < 1.29 is 9.59 Å². The van der Waals surface area contributed by atoms with E-state index in [4.69, 9.17) is 5.73 Å². The van der Waals surface area contributed by atoms with E-state index in [1.165, 1.54) is 28.0 Å². The standard InChI is InChI=1S/C14H16N4O2S2/c1-18(2)14(20)17-13-11(12(15)19)10(8-22-13)21-7-9-4-3-5-16-6-9/h3-6,8H,7H2,1-2H3,(H2,15,19)(H,17,20). The molecule has 0 bridgehead atoms. The summed E-state index contributed by atoms with van der Waals surface area (Å²) in [5, 5.41) is 4.99. The topological polar surface area (TPSA) is 88.3 Å². The van der Waals surface area contributed by atoms with Gasteiger partial charge >= 0.3 is 6.03 Å².